The van der Waals surface area contributed by atoms with Crippen LogP contribution in [0.2, 0.25) is 0 Å². The number of hydrogen-bond donors (Lipinski definition) is 2. The van der Waals surface area contributed by atoms with Gasteiger partial charge in [-0.3, -0.25) is 14.6 Å². The van der Waals surface area contributed by atoms with Gasteiger partial charge in [0.2, 0.25) is 5.91 Å². The third-order valence-corrected chi connectivity index (χ3v) is 4.76. The topological polar surface area (TPSA) is 75.6 Å². The van der Waals surface area contributed by atoms with E-state index in [9.17, 15) is 4.79 Å². The molecule has 0 radical (unpaired) electrons. The van der Waals surface area contributed by atoms with Gasteiger partial charge in [-0.05, 0) is 31.9 Å². The minimum atomic E-state index is 0.0250. The molecule has 0 bridgehead atoms. The second-order valence-electron chi connectivity index (χ2n) is 6.62. The van der Waals surface area contributed by atoms with Crippen molar-refractivity contribution in [1.82, 2.24) is 20.0 Å². The quantitative estimate of drug-likeness (QED) is 0.767. The summed E-state index contributed by atoms with van der Waals surface area (Å²) in [6, 6.07) is 12.2. The van der Waals surface area contributed by atoms with E-state index in [-0.39, 0.29) is 11.8 Å². The van der Waals surface area contributed by atoms with Crippen LogP contribution in [0.1, 0.15) is 35.7 Å². The molecule has 4 rings (SSSR count). The molecule has 1 aliphatic heterocycles. The summed E-state index contributed by atoms with van der Waals surface area (Å²) in [4.78, 5) is 12.1. The summed E-state index contributed by atoms with van der Waals surface area (Å²) in [6.07, 6.45) is 1.33. The van der Waals surface area contributed by atoms with Gasteiger partial charge in [-0.1, -0.05) is 30.3 Å². The van der Waals surface area contributed by atoms with E-state index in [1.54, 1.807) is 0 Å². The van der Waals surface area contributed by atoms with Crippen molar-refractivity contribution in [2.24, 2.45) is 0 Å². The lowest BCUT2D eigenvalue weighted by atomic mass is 9.87. The number of carbonyl (C=O) groups is 1. The Kier molecular flexibility index (Phi) is 3.87. The van der Waals surface area contributed by atoms with Gasteiger partial charge >= 0.3 is 0 Å². The predicted octanol–water partition coefficient (Wildman–Crippen LogP) is 3.41. The zero-order valence-electron chi connectivity index (χ0n) is 14.4. The number of hydrogen-bond acceptors (Lipinski definition) is 3. The lowest BCUT2D eigenvalue weighted by Crippen LogP contribution is -2.23. The molecule has 3 aromatic rings. The van der Waals surface area contributed by atoms with Gasteiger partial charge in [0.05, 0.1) is 11.4 Å². The van der Waals surface area contributed by atoms with Crippen molar-refractivity contribution in [3.63, 3.8) is 0 Å². The number of fused-ring (bicyclic) bond motifs is 1. The summed E-state index contributed by atoms with van der Waals surface area (Å²) in [7, 11) is 0. The molecule has 25 heavy (non-hydrogen) atoms. The Bertz CT molecular complexity index is 909. The van der Waals surface area contributed by atoms with Crippen LogP contribution < -0.4 is 5.32 Å². The minimum Gasteiger partial charge on any atom is -0.309 e. The van der Waals surface area contributed by atoms with Crippen LogP contribution in [0, 0.1) is 13.8 Å². The maximum Gasteiger partial charge on any atom is 0.226 e. The number of benzene rings is 1. The highest BCUT2D eigenvalue weighted by molar-refractivity contribution is 5.95. The van der Waals surface area contributed by atoms with Crippen LogP contribution in [-0.2, 0) is 11.3 Å². The van der Waals surface area contributed by atoms with Gasteiger partial charge in [0.25, 0.3) is 0 Å². The first-order chi connectivity index (χ1) is 12.1. The van der Waals surface area contributed by atoms with Crippen LogP contribution in [0.5, 0.6) is 0 Å². The van der Waals surface area contributed by atoms with E-state index in [2.05, 4.69) is 45.7 Å². The van der Waals surface area contributed by atoms with Gasteiger partial charge in [-0.25, -0.2) is 0 Å². The summed E-state index contributed by atoms with van der Waals surface area (Å²) >= 11 is 0. The number of nitrogens with zero attached hydrogens (tertiary/aromatic N) is 3. The summed E-state index contributed by atoms with van der Waals surface area (Å²) in [6.45, 7) is 4.85. The fraction of sp³-hybridized carbons (Fsp3) is 0.316. The molecule has 0 unspecified atom stereocenters. The van der Waals surface area contributed by atoms with Crippen molar-refractivity contribution in [3.8, 4) is 11.3 Å². The maximum atomic E-state index is 12.1. The number of amides is 1. The molecule has 6 heteroatoms. The average Bonchev–Trinajstić information content (AvgIpc) is 3.16. The van der Waals surface area contributed by atoms with Gasteiger partial charge in [0.1, 0.15) is 0 Å². The Morgan fingerprint density at radius 1 is 1.24 bits per heavy atom. The van der Waals surface area contributed by atoms with Crippen LogP contribution in [0.3, 0.4) is 0 Å². The number of aryl methyl sites for hydroxylation is 3. The molecule has 2 N–H and O–H groups in total. The van der Waals surface area contributed by atoms with E-state index in [4.69, 9.17) is 0 Å². The molecule has 1 aliphatic rings. The highest BCUT2D eigenvalue weighted by Crippen LogP contribution is 2.39. The highest BCUT2D eigenvalue weighted by Gasteiger charge is 2.30. The number of carbonyl (C=O) groups excluding carboxylic acids is 1. The fourth-order valence-electron chi connectivity index (χ4n) is 3.60. The third kappa shape index (κ3) is 2.95. The molecule has 0 aliphatic carbocycles. The molecule has 0 saturated carbocycles. The van der Waals surface area contributed by atoms with E-state index in [0.717, 1.165) is 41.2 Å². The summed E-state index contributed by atoms with van der Waals surface area (Å²) < 4.78 is 2.02. The first kappa shape index (κ1) is 15.6. The van der Waals surface area contributed by atoms with Crippen molar-refractivity contribution < 1.29 is 4.79 Å². The van der Waals surface area contributed by atoms with Crippen molar-refractivity contribution >= 4 is 11.7 Å². The molecular weight excluding hydrogens is 314 g/mol. The molecule has 6 nitrogen and oxygen atoms in total. The number of nitrogens with one attached hydrogen (secondary N) is 2. The van der Waals surface area contributed by atoms with E-state index in [0.29, 0.717) is 12.2 Å². The van der Waals surface area contributed by atoms with E-state index < -0.39 is 0 Å². The van der Waals surface area contributed by atoms with Gasteiger partial charge < -0.3 is 5.32 Å². The molecule has 128 valence electrons. The normalized spacial score (nSPS) is 16.6. The Hall–Kier alpha value is -2.89. The first-order valence-electron chi connectivity index (χ1n) is 8.56. The van der Waals surface area contributed by atoms with Gasteiger partial charge in [-0.15, -0.1) is 0 Å². The maximum absolute atomic E-state index is 12.1. The van der Waals surface area contributed by atoms with E-state index >= 15 is 0 Å². The Labute approximate surface area is 146 Å². The molecule has 3 heterocycles. The summed E-state index contributed by atoms with van der Waals surface area (Å²) in [5, 5.41) is 14.9. The zero-order chi connectivity index (χ0) is 17.4. The molecule has 1 atom stereocenters. The molecule has 0 spiro atoms. The molecule has 1 amide bonds. The Morgan fingerprint density at radius 3 is 2.76 bits per heavy atom. The number of anilines is 1. The SMILES string of the molecule is Cc1cc(C)n(CC[C@@H]2CC(=O)Nc3n[nH]c(-c4ccccc4)c32)n1. The van der Waals surface area contributed by atoms with Crippen LogP contribution in [0.4, 0.5) is 5.82 Å². The number of aromatic amines is 1. The van der Waals surface area contributed by atoms with Crippen LogP contribution in [-0.4, -0.2) is 25.9 Å². The van der Waals surface area contributed by atoms with Gasteiger partial charge in [-0.2, -0.15) is 10.2 Å². The number of aromatic nitrogens is 4. The average molecular weight is 335 g/mol. The van der Waals surface area contributed by atoms with Crippen molar-refractivity contribution in [2.45, 2.75) is 39.2 Å². The number of rotatable bonds is 4. The second kappa shape index (κ2) is 6.20. The fourth-order valence-corrected chi connectivity index (χ4v) is 3.60. The van der Waals surface area contributed by atoms with Crippen molar-refractivity contribution in [3.05, 3.63) is 53.3 Å². The largest absolute Gasteiger partial charge is 0.309 e. The van der Waals surface area contributed by atoms with Crippen LogP contribution in [0.25, 0.3) is 11.3 Å². The highest BCUT2D eigenvalue weighted by atomic mass is 16.1. The zero-order valence-corrected chi connectivity index (χ0v) is 14.4. The lowest BCUT2D eigenvalue weighted by molar-refractivity contribution is -0.116. The predicted molar refractivity (Wildman–Crippen MR) is 96.3 cm³/mol. The van der Waals surface area contributed by atoms with Crippen LogP contribution in [0.15, 0.2) is 36.4 Å². The Morgan fingerprint density at radius 2 is 2.04 bits per heavy atom. The molecule has 1 aromatic carbocycles. The monoisotopic (exact) mass is 335 g/mol. The van der Waals surface area contributed by atoms with Crippen molar-refractivity contribution in [2.75, 3.05) is 5.32 Å². The van der Waals surface area contributed by atoms with Gasteiger partial charge in [0.15, 0.2) is 5.82 Å². The van der Waals surface area contributed by atoms with Gasteiger partial charge in [0, 0.05) is 30.1 Å². The number of H-pyrrole nitrogens is 1. The summed E-state index contributed by atoms with van der Waals surface area (Å²) in [5.74, 6) is 0.812. The minimum absolute atomic E-state index is 0.0250. The standard InChI is InChI=1S/C19H21N5O/c1-12-10-13(2)24(23-12)9-8-15-11-16(25)20-19-17(15)18(21-22-19)14-6-4-3-5-7-14/h3-7,10,15H,8-9,11H2,1-2H3,(H2,20,21,22,25)/t15-/m1/s1. The molecule has 2 aromatic heterocycles. The second-order valence-corrected chi connectivity index (χ2v) is 6.62. The van der Waals surface area contributed by atoms with Crippen LogP contribution >= 0.6 is 0 Å². The molecule has 0 saturated heterocycles. The smallest absolute Gasteiger partial charge is 0.226 e. The molecular formula is C19H21N5O. The third-order valence-electron chi connectivity index (χ3n) is 4.76. The summed E-state index contributed by atoms with van der Waals surface area (Å²) in [5.41, 5.74) is 5.35. The Balaban J connectivity index is 1.65. The molecule has 0 fully saturated rings. The van der Waals surface area contributed by atoms with E-state index in [1.165, 1.54) is 0 Å². The van der Waals surface area contributed by atoms with E-state index in [1.807, 2.05) is 29.8 Å². The first-order valence-corrected chi connectivity index (χ1v) is 8.56. The van der Waals surface area contributed by atoms with Crippen molar-refractivity contribution in [1.29, 1.82) is 0 Å². The lowest BCUT2D eigenvalue weighted by Gasteiger charge is -2.23.